The van der Waals surface area contributed by atoms with Gasteiger partial charge in [0.15, 0.2) is 41.9 Å². The summed E-state index contributed by atoms with van der Waals surface area (Å²) in [5.41, 5.74) is 25.8. The van der Waals surface area contributed by atoms with Gasteiger partial charge in [0.25, 0.3) is 7.47 Å². The zero-order valence-electron chi connectivity index (χ0n) is 45.4. The molecule has 5 aliphatic rings. The summed E-state index contributed by atoms with van der Waals surface area (Å²) < 4.78 is 113. The van der Waals surface area contributed by atoms with Crippen LogP contribution in [-0.2, 0) is 53.8 Å². The van der Waals surface area contributed by atoms with E-state index in [4.69, 9.17) is 56.1 Å². The largest absolute Gasteiger partial charge is 0.492 e. The molecular weight excluding hydrogens is 1180 g/mol. The zero-order valence-corrected chi connectivity index (χ0v) is 48.0. The van der Waals surface area contributed by atoms with Gasteiger partial charge in [-0.25, -0.2) is 43.1 Å². The summed E-state index contributed by atoms with van der Waals surface area (Å²) in [7, 11) is 1.34. The molecule has 8 aromatic rings. The fourth-order valence-corrected chi connectivity index (χ4v) is 15.1. The van der Waals surface area contributed by atoms with Gasteiger partial charge in [0.1, 0.15) is 59.9 Å². The van der Waals surface area contributed by atoms with Crippen LogP contribution in [0.3, 0.4) is 0 Å². The fourth-order valence-electron chi connectivity index (χ4n) is 10.8. The molecule has 3 fully saturated rings. The predicted molar refractivity (Wildman–Crippen MR) is 311 cm³/mol. The van der Waals surface area contributed by atoms with Gasteiger partial charge in [0.2, 0.25) is 13.5 Å². The first-order chi connectivity index (χ1) is 41.6. The second kappa shape index (κ2) is 23.5. The molecular formula is C55H52BF2N13O12P2S. The second-order valence-corrected chi connectivity index (χ2v) is 25.9. The Hall–Kier alpha value is -7.82. The van der Waals surface area contributed by atoms with Gasteiger partial charge in [-0.1, -0.05) is 61.5 Å². The van der Waals surface area contributed by atoms with Gasteiger partial charge in [-0.05, 0) is 71.0 Å². The van der Waals surface area contributed by atoms with Crippen molar-refractivity contribution in [3.8, 4) is 11.5 Å². The van der Waals surface area contributed by atoms with Crippen LogP contribution in [0.2, 0.25) is 0 Å². The molecule has 86 heavy (non-hydrogen) atoms. The normalized spacial score (nSPS) is 26.5. The molecule has 13 rings (SSSR count). The molecule has 0 spiro atoms. The van der Waals surface area contributed by atoms with E-state index in [0.29, 0.717) is 42.2 Å². The smallest absolute Gasteiger partial charge is 0.389 e. The van der Waals surface area contributed by atoms with Crippen molar-refractivity contribution >= 4 is 96.0 Å². The molecule has 2 radical (unpaired) electrons. The number of rotatable bonds is 12. The van der Waals surface area contributed by atoms with Crippen LogP contribution < -0.4 is 36.8 Å². The molecule has 0 unspecified atom stereocenters. The average molecular weight is 1230 g/mol. The molecule has 1 amide bonds. The van der Waals surface area contributed by atoms with Crippen LogP contribution in [0.15, 0.2) is 128 Å². The van der Waals surface area contributed by atoms with Crippen molar-refractivity contribution < 1.29 is 64.5 Å². The van der Waals surface area contributed by atoms with E-state index in [-0.39, 0.29) is 63.4 Å². The number of nitrogens with one attached hydrogen (secondary N) is 2. The van der Waals surface area contributed by atoms with Crippen molar-refractivity contribution in [2.24, 2.45) is 0 Å². The maximum Gasteiger partial charge on any atom is 0.389 e. The number of hydrogen-bond donors (Lipinski definition) is 4. The number of aromatic nitrogens is 7. The Morgan fingerprint density at radius 3 is 2.19 bits per heavy atom. The van der Waals surface area contributed by atoms with Crippen molar-refractivity contribution in [1.82, 2.24) is 50.0 Å². The minimum absolute atomic E-state index is 0.0101. The van der Waals surface area contributed by atoms with Gasteiger partial charge >= 0.3 is 12.8 Å². The molecule has 0 saturated carbocycles. The van der Waals surface area contributed by atoms with Crippen molar-refractivity contribution in [2.45, 2.75) is 74.9 Å². The maximum absolute atomic E-state index is 17.0. The van der Waals surface area contributed by atoms with Crippen LogP contribution in [-0.4, -0.2) is 122 Å². The molecule has 4 aromatic heterocycles. The summed E-state index contributed by atoms with van der Waals surface area (Å²) in [5, 5.41) is 1.95. The van der Waals surface area contributed by atoms with Gasteiger partial charge < -0.3 is 49.8 Å². The van der Waals surface area contributed by atoms with Gasteiger partial charge in [-0.15, -0.1) is 5.53 Å². The fraction of sp³-hybridized carbons (Fsp3) is 0.291. The van der Waals surface area contributed by atoms with Crippen LogP contribution in [0.4, 0.5) is 26.0 Å². The van der Waals surface area contributed by atoms with Crippen molar-refractivity contribution in [3.05, 3.63) is 156 Å². The summed E-state index contributed by atoms with van der Waals surface area (Å²) in [6.07, 6.45) is -8.42. The number of hydrogen-bond acceptors (Lipinski definition) is 23. The third kappa shape index (κ3) is 11.1. The Balaban J connectivity index is 0.683. The number of fused-ring (bicyclic) bond motifs is 8. The van der Waals surface area contributed by atoms with Crippen molar-refractivity contribution in [3.63, 3.8) is 0 Å². The zero-order chi connectivity index (χ0) is 59.4. The maximum atomic E-state index is 17.0. The number of esters is 1. The van der Waals surface area contributed by atoms with E-state index in [9.17, 15) is 14.2 Å². The number of ether oxygens (including phenoxy) is 4. The Labute approximate surface area is 493 Å². The molecule has 10 atom stereocenters. The Bertz CT molecular complexity index is 4040. The van der Waals surface area contributed by atoms with E-state index in [1.54, 1.807) is 36.4 Å². The standard InChI is InChI=1S/C55H52BF2N13O12P2S/c1-2-41(72)68-23-32-7-3-4-8-35(32)44-47(36-9-5-6-10-38(36)68)71(67-66-44)21-22-76-33-17-13-31(14-18-33)55(73)79-34-15-11-30(12-16-34)26-86-85(75)78-25-40-48(42(57)53(81-40)70-29-65-46-50(60)62-27-63-52(46)70)82-84(56,74)77-24-39-49(83-85)43(58)54(80-39)69-28-64-45-37(59)19-20-61-51(45)69/h3-20,27-29,39-40,42-43,48-49,53-54,66-67H,2,21-26H2,1H3,(H2,59,61)(H2,60,62,63)/t39-,40-,42-,43-,48-,49-,53-,54-,84-,85+/m1/s1. The molecule has 25 nitrogen and oxygen atoms in total. The number of amides is 1. The number of nitrogens with two attached hydrogens (primary N) is 2. The number of para-hydroxylation sites is 1. The van der Waals surface area contributed by atoms with Crippen LogP contribution in [0.25, 0.3) is 33.7 Å². The molecule has 31 heteroatoms. The topological polar surface area (TPSA) is 299 Å². The first-order valence-corrected chi connectivity index (χ1v) is 31.8. The van der Waals surface area contributed by atoms with Crippen molar-refractivity contribution in [2.75, 3.05) is 42.7 Å². The summed E-state index contributed by atoms with van der Waals surface area (Å²) in [6.45, 7) is -3.17. The number of pyridine rings is 1. The average Bonchev–Trinajstić information content (AvgIpc) is 2.70. The number of nitrogens with zero attached hydrogens (tertiary/aromatic N) is 9. The summed E-state index contributed by atoms with van der Waals surface area (Å²) in [4.78, 5) is 49.5. The number of carbonyl (C=O) groups excluding carboxylic acids is 2. The lowest BCUT2D eigenvalue weighted by Crippen LogP contribution is -2.40. The molecule has 0 bridgehead atoms. The first-order valence-electron chi connectivity index (χ1n) is 27.1. The summed E-state index contributed by atoms with van der Waals surface area (Å²) in [6, 6.07) is 30.1. The lowest BCUT2D eigenvalue weighted by Gasteiger charge is -2.30. The number of alkyl halides is 2. The van der Waals surface area contributed by atoms with E-state index in [1.807, 2.05) is 65.4 Å². The quantitative estimate of drug-likeness (QED) is 0.0393. The molecule has 442 valence electrons. The monoisotopic (exact) mass is 1230 g/mol. The van der Waals surface area contributed by atoms with Crippen LogP contribution in [0, 0.1) is 0 Å². The predicted octanol–water partition coefficient (Wildman–Crippen LogP) is 7.75. The molecule has 5 aliphatic heterocycles. The minimum atomic E-state index is -4.72. The third-order valence-corrected chi connectivity index (χ3v) is 19.7. The number of nitrogen functional groups attached to an aromatic ring is 2. The van der Waals surface area contributed by atoms with E-state index in [2.05, 4.69) is 35.9 Å². The molecule has 4 aromatic carbocycles. The lowest BCUT2D eigenvalue weighted by molar-refractivity contribution is -0.118. The highest BCUT2D eigenvalue weighted by atomic mass is 32.7. The van der Waals surface area contributed by atoms with E-state index < -0.39 is 82.7 Å². The molecule has 6 N–H and O–H groups in total. The molecule has 0 aliphatic carbocycles. The van der Waals surface area contributed by atoms with E-state index >= 15 is 13.3 Å². The van der Waals surface area contributed by atoms with Gasteiger partial charge in [0, 0.05) is 29.5 Å². The minimum Gasteiger partial charge on any atom is -0.492 e. The highest BCUT2D eigenvalue weighted by molar-refractivity contribution is 8.54. The summed E-state index contributed by atoms with van der Waals surface area (Å²) in [5.74, 6) is -0.0156. The summed E-state index contributed by atoms with van der Waals surface area (Å²) >= 11 is 0.668. The highest BCUT2D eigenvalue weighted by Gasteiger charge is 2.55. The van der Waals surface area contributed by atoms with Crippen LogP contribution in [0.5, 0.6) is 11.5 Å². The SMILES string of the molecule is [B][P@@]1(=O)OC[C@H]2O[C@@H](n3cnc4c(N)ccnc43)[C@H](F)[C@@H]2O[P@@](=O)(SCc2ccc(OC(=O)c3ccc(OCCN4NNC5=C4c4ccccc4N(C(=O)CC)Cc4ccccc45)cc3)cc2)OC[C@H]2O[C@@H](n3cnc4c(N)ncnc43)[C@H](F)[C@@H]2O1. The van der Waals surface area contributed by atoms with E-state index in [1.165, 1.54) is 46.2 Å². The number of halogens is 2. The van der Waals surface area contributed by atoms with E-state index in [0.717, 1.165) is 40.1 Å². The first kappa shape index (κ1) is 57.3. The number of imidazole rings is 2. The Kier molecular flexibility index (Phi) is 15.6. The number of benzene rings is 4. The van der Waals surface area contributed by atoms with Crippen molar-refractivity contribution in [1.29, 1.82) is 0 Å². The molecule has 9 heterocycles. The molecule has 3 saturated heterocycles. The lowest BCUT2D eigenvalue weighted by atomic mass is 9.96. The van der Waals surface area contributed by atoms with Crippen LogP contribution in [0.1, 0.15) is 58.4 Å². The Morgan fingerprint density at radius 2 is 1.44 bits per heavy atom. The number of hydrazine groups is 2. The highest BCUT2D eigenvalue weighted by Crippen LogP contribution is 2.65. The third-order valence-electron chi connectivity index (χ3n) is 15.0. The van der Waals surface area contributed by atoms with Gasteiger partial charge in [-0.2, -0.15) is 0 Å². The Morgan fingerprint density at radius 1 is 0.779 bits per heavy atom. The number of anilines is 3. The van der Waals surface area contributed by atoms with Crippen LogP contribution >= 0.6 is 25.7 Å². The van der Waals surface area contributed by atoms with Gasteiger partial charge in [-0.3, -0.25) is 32.6 Å². The number of carbonyl (C=O) groups is 2. The van der Waals surface area contributed by atoms with Gasteiger partial charge in [0.05, 0.1) is 67.3 Å². The second-order valence-electron chi connectivity index (χ2n) is 20.3.